The Morgan fingerprint density at radius 2 is 1.87 bits per heavy atom. The number of sulfone groups is 1. The first-order valence-corrected chi connectivity index (χ1v) is 12.6. The summed E-state index contributed by atoms with van der Waals surface area (Å²) in [5.74, 6) is 0.517. The van der Waals surface area contributed by atoms with E-state index in [1.54, 1.807) is 10.7 Å². The minimum Gasteiger partial charge on any atom is -0.373 e. The van der Waals surface area contributed by atoms with Crippen molar-refractivity contribution in [3.05, 3.63) is 47.2 Å². The molecular formula is C22H30N4O4S. The molecule has 3 unspecified atom stereocenters. The fourth-order valence-corrected chi connectivity index (χ4v) is 6.17. The number of carbonyl (C=O) groups is 1. The maximum absolute atomic E-state index is 12.8. The lowest BCUT2D eigenvalue weighted by molar-refractivity contribution is -0.0704. The van der Waals surface area contributed by atoms with Gasteiger partial charge in [0.05, 0.1) is 35.4 Å². The first kappa shape index (κ1) is 22.0. The van der Waals surface area contributed by atoms with Crippen molar-refractivity contribution in [2.45, 2.75) is 52.0 Å². The van der Waals surface area contributed by atoms with Crippen molar-refractivity contribution in [1.82, 2.24) is 14.7 Å². The third-order valence-electron chi connectivity index (χ3n) is 5.77. The number of amides is 1. The monoisotopic (exact) mass is 446 g/mol. The van der Waals surface area contributed by atoms with Crippen LogP contribution in [-0.4, -0.2) is 65.8 Å². The van der Waals surface area contributed by atoms with E-state index in [1.807, 2.05) is 31.2 Å². The molecule has 3 atom stereocenters. The molecule has 0 spiro atoms. The van der Waals surface area contributed by atoms with Gasteiger partial charge in [0.1, 0.15) is 5.82 Å². The third kappa shape index (κ3) is 5.34. The Morgan fingerprint density at radius 3 is 2.48 bits per heavy atom. The molecule has 0 radical (unpaired) electrons. The number of aromatic nitrogens is 2. The lowest BCUT2D eigenvalue weighted by atomic mass is 10.1. The van der Waals surface area contributed by atoms with Gasteiger partial charge in [-0.3, -0.25) is 9.69 Å². The highest BCUT2D eigenvalue weighted by atomic mass is 32.2. The molecule has 9 heteroatoms. The molecule has 3 heterocycles. The Hall–Kier alpha value is -2.23. The lowest BCUT2D eigenvalue weighted by Crippen LogP contribution is -2.44. The zero-order valence-electron chi connectivity index (χ0n) is 18.2. The molecule has 1 aromatic carbocycles. The van der Waals surface area contributed by atoms with E-state index < -0.39 is 9.84 Å². The summed E-state index contributed by atoms with van der Waals surface area (Å²) in [5, 5.41) is 7.32. The van der Waals surface area contributed by atoms with Crippen molar-refractivity contribution in [2.75, 3.05) is 29.9 Å². The Kier molecular flexibility index (Phi) is 6.18. The van der Waals surface area contributed by atoms with Crippen LogP contribution in [-0.2, 0) is 21.1 Å². The van der Waals surface area contributed by atoms with E-state index in [-0.39, 0.29) is 35.7 Å². The normalized spacial score (nSPS) is 26.1. The van der Waals surface area contributed by atoms with Gasteiger partial charge >= 0.3 is 0 Å². The highest BCUT2D eigenvalue weighted by Gasteiger charge is 2.31. The Morgan fingerprint density at radius 1 is 1.19 bits per heavy atom. The Bertz CT molecular complexity index is 1040. The number of nitrogens with one attached hydrogen (secondary N) is 1. The van der Waals surface area contributed by atoms with Gasteiger partial charge in [0.15, 0.2) is 9.84 Å². The van der Waals surface area contributed by atoms with Gasteiger partial charge in [0.25, 0.3) is 5.91 Å². The second kappa shape index (κ2) is 8.72. The molecule has 0 aliphatic carbocycles. The molecule has 31 heavy (non-hydrogen) atoms. The highest BCUT2D eigenvalue weighted by molar-refractivity contribution is 7.91. The molecule has 1 aromatic heterocycles. The van der Waals surface area contributed by atoms with Gasteiger partial charge in [-0.1, -0.05) is 12.1 Å². The van der Waals surface area contributed by atoms with Crippen LogP contribution in [0.4, 0.5) is 5.82 Å². The highest BCUT2D eigenvalue weighted by Crippen LogP contribution is 2.27. The molecule has 2 saturated heterocycles. The fourth-order valence-electron chi connectivity index (χ4n) is 4.48. The summed E-state index contributed by atoms with van der Waals surface area (Å²) in [5.41, 5.74) is 2.44. The van der Waals surface area contributed by atoms with Crippen LogP contribution < -0.4 is 5.32 Å². The SMILES string of the molecule is Cc1cc(NC(=O)c2ccc(CN3CC(C)OC(C)C3)cc2)n(C2CCS(=O)(=O)C2)n1. The summed E-state index contributed by atoms with van der Waals surface area (Å²) < 4.78 is 31.1. The van der Waals surface area contributed by atoms with Crippen molar-refractivity contribution in [1.29, 1.82) is 0 Å². The molecule has 1 N–H and O–H groups in total. The molecule has 168 valence electrons. The second-order valence-electron chi connectivity index (χ2n) is 8.77. The topological polar surface area (TPSA) is 93.5 Å². The van der Waals surface area contributed by atoms with E-state index >= 15 is 0 Å². The molecule has 8 nitrogen and oxygen atoms in total. The predicted molar refractivity (Wildman–Crippen MR) is 119 cm³/mol. The number of anilines is 1. The van der Waals surface area contributed by atoms with Gasteiger partial charge in [0.2, 0.25) is 0 Å². The molecule has 1 amide bonds. The number of hydrogen-bond donors (Lipinski definition) is 1. The number of benzene rings is 1. The molecule has 2 aliphatic rings. The van der Waals surface area contributed by atoms with Crippen molar-refractivity contribution in [3.63, 3.8) is 0 Å². The third-order valence-corrected chi connectivity index (χ3v) is 7.52. The van der Waals surface area contributed by atoms with Crippen LogP contribution in [0.5, 0.6) is 0 Å². The molecule has 2 aliphatic heterocycles. The first-order chi connectivity index (χ1) is 14.7. The van der Waals surface area contributed by atoms with Crippen LogP contribution in [0, 0.1) is 6.92 Å². The first-order valence-electron chi connectivity index (χ1n) is 10.7. The van der Waals surface area contributed by atoms with E-state index in [0.29, 0.717) is 17.8 Å². The van der Waals surface area contributed by atoms with Crippen LogP contribution in [0.2, 0.25) is 0 Å². The smallest absolute Gasteiger partial charge is 0.256 e. The molecule has 0 bridgehead atoms. The van der Waals surface area contributed by atoms with E-state index in [1.165, 1.54) is 0 Å². The maximum Gasteiger partial charge on any atom is 0.256 e. The zero-order chi connectivity index (χ0) is 22.2. The predicted octanol–water partition coefficient (Wildman–Crippen LogP) is 2.41. The lowest BCUT2D eigenvalue weighted by Gasteiger charge is -2.35. The van der Waals surface area contributed by atoms with Crippen molar-refractivity contribution < 1.29 is 17.9 Å². The quantitative estimate of drug-likeness (QED) is 0.758. The standard InChI is InChI=1S/C22H30N4O4S/c1-15-10-21(26(24-15)20-8-9-31(28,29)14-20)23-22(27)19-6-4-18(5-7-19)13-25-11-16(2)30-17(3)12-25/h4-7,10,16-17,20H,8-9,11-14H2,1-3H3,(H,23,27). The summed E-state index contributed by atoms with van der Waals surface area (Å²) in [6, 6.07) is 9.14. The Balaban J connectivity index is 1.42. The van der Waals surface area contributed by atoms with Gasteiger partial charge in [-0.15, -0.1) is 0 Å². The average molecular weight is 447 g/mol. The number of morpholine rings is 1. The van der Waals surface area contributed by atoms with Gasteiger partial charge in [-0.2, -0.15) is 5.10 Å². The van der Waals surface area contributed by atoms with Crippen LogP contribution >= 0.6 is 0 Å². The average Bonchev–Trinajstić information content (AvgIpc) is 3.22. The maximum atomic E-state index is 12.8. The van der Waals surface area contributed by atoms with Crippen LogP contribution in [0.25, 0.3) is 0 Å². The van der Waals surface area contributed by atoms with Gasteiger partial charge in [0, 0.05) is 31.3 Å². The Labute approximate surface area is 183 Å². The minimum absolute atomic E-state index is 0.0600. The zero-order valence-corrected chi connectivity index (χ0v) is 19.1. The van der Waals surface area contributed by atoms with Crippen LogP contribution in [0.1, 0.15) is 47.9 Å². The van der Waals surface area contributed by atoms with Crippen molar-refractivity contribution >= 4 is 21.6 Å². The van der Waals surface area contributed by atoms with Crippen molar-refractivity contribution in [3.8, 4) is 0 Å². The number of rotatable bonds is 5. The number of nitrogens with zero attached hydrogens (tertiary/aromatic N) is 3. The summed E-state index contributed by atoms with van der Waals surface area (Å²) in [7, 11) is -3.04. The number of hydrogen-bond acceptors (Lipinski definition) is 6. The molecule has 2 fully saturated rings. The van der Waals surface area contributed by atoms with Gasteiger partial charge in [-0.25, -0.2) is 13.1 Å². The summed E-state index contributed by atoms with van der Waals surface area (Å²) >= 11 is 0. The molecular weight excluding hydrogens is 416 g/mol. The number of aryl methyl sites for hydroxylation is 1. The van der Waals surface area contributed by atoms with Crippen LogP contribution in [0.3, 0.4) is 0 Å². The molecule has 2 aromatic rings. The summed E-state index contributed by atoms with van der Waals surface area (Å²) in [4.78, 5) is 15.2. The van der Waals surface area contributed by atoms with Crippen LogP contribution in [0.15, 0.2) is 30.3 Å². The summed E-state index contributed by atoms with van der Waals surface area (Å²) in [6.07, 6.45) is 0.953. The molecule has 0 saturated carbocycles. The molecule has 4 rings (SSSR count). The van der Waals surface area contributed by atoms with Gasteiger partial charge in [-0.05, 0) is 44.9 Å². The minimum atomic E-state index is -3.04. The summed E-state index contributed by atoms with van der Waals surface area (Å²) in [6.45, 7) is 8.62. The van der Waals surface area contributed by atoms with Gasteiger partial charge < -0.3 is 10.1 Å². The van der Waals surface area contributed by atoms with E-state index in [2.05, 4.69) is 29.2 Å². The van der Waals surface area contributed by atoms with Crippen molar-refractivity contribution in [2.24, 2.45) is 0 Å². The largest absolute Gasteiger partial charge is 0.373 e. The number of ether oxygens (including phenoxy) is 1. The van der Waals surface area contributed by atoms with E-state index in [4.69, 9.17) is 4.74 Å². The second-order valence-corrected chi connectivity index (χ2v) is 11.0. The fraction of sp³-hybridized carbons (Fsp3) is 0.545. The van der Waals surface area contributed by atoms with E-state index in [0.717, 1.165) is 30.9 Å². The van der Waals surface area contributed by atoms with E-state index in [9.17, 15) is 13.2 Å². The number of carbonyl (C=O) groups excluding carboxylic acids is 1.